The highest BCUT2D eigenvalue weighted by Gasteiger charge is 2.23. The van der Waals surface area contributed by atoms with Crippen LogP contribution in [0.2, 0.25) is 0 Å². The predicted octanol–water partition coefficient (Wildman–Crippen LogP) is 2.16. The van der Waals surface area contributed by atoms with Crippen molar-refractivity contribution in [2.45, 2.75) is 51.0 Å². The first-order valence-corrected chi connectivity index (χ1v) is 7.55. The standard InChI is InChI=1S/C15H28N2O/c1-16-10-7-13(8-11-16)9-12-17(2)14-3-5-15(18)6-4-14/h13-14H,3-12H2,1-2H3. The number of rotatable bonds is 4. The number of carbonyl (C=O) groups is 1. The summed E-state index contributed by atoms with van der Waals surface area (Å²) in [6.45, 7) is 3.76. The predicted molar refractivity (Wildman–Crippen MR) is 74.7 cm³/mol. The molecule has 3 heteroatoms. The van der Waals surface area contributed by atoms with Gasteiger partial charge in [-0.25, -0.2) is 0 Å². The minimum Gasteiger partial charge on any atom is -0.306 e. The average molecular weight is 252 g/mol. The van der Waals surface area contributed by atoms with Gasteiger partial charge in [0.1, 0.15) is 5.78 Å². The minimum absolute atomic E-state index is 0.468. The fourth-order valence-corrected chi connectivity index (χ4v) is 3.28. The van der Waals surface area contributed by atoms with Gasteiger partial charge in [0, 0.05) is 18.9 Å². The van der Waals surface area contributed by atoms with Gasteiger partial charge >= 0.3 is 0 Å². The Hall–Kier alpha value is -0.410. The van der Waals surface area contributed by atoms with E-state index in [-0.39, 0.29) is 0 Å². The minimum atomic E-state index is 0.468. The first-order valence-electron chi connectivity index (χ1n) is 7.55. The summed E-state index contributed by atoms with van der Waals surface area (Å²) in [5, 5.41) is 0. The van der Waals surface area contributed by atoms with Crippen LogP contribution >= 0.6 is 0 Å². The van der Waals surface area contributed by atoms with Crippen molar-refractivity contribution in [3.63, 3.8) is 0 Å². The van der Waals surface area contributed by atoms with E-state index in [2.05, 4.69) is 23.9 Å². The summed E-state index contributed by atoms with van der Waals surface area (Å²) in [5.41, 5.74) is 0. The smallest absolute Gasteiger partial charge is 0.133 e. The largest absolute Gasteiger partial charge is 0.306 e. The van der Waals surface area contributed by atoms with Gasteiger partial charge in [-0.3, -0.25) is 4.79 Å². The summed E-state index contributed by atoms with van der Waals surface area (Å²) in [6, 6.07) is 0.661. The SMILES string of the molecule is CN1CCC(CCN(C)C2CCC(=O)CC2)CC1. The zero-order valence-electron chi connectivity index (χ0n) is 12.0. The van der Waals surface area contributed by atoms with Crippen molar-refractivity contribution in [1.82, 2.24) is 9.80 Å². The Morgan fingerprint density at radius 2 is 1.78 bits per heavy atom. The average Bonchev–Trinajstić information content (AvgIpc) is 2.38. The molecule has 0 N–H and O–H groups in total. The van der Waals surface area contributed by atoms with E-state index in [0.29, 0.717) is 11.8 Å². The molecule has 2 rings (SSSR count). The van der Waals surface area contributed by atoms with Crippen molar-refractivity contribution in [2.24, 2.45) is 5.92 Å². The Labute approximate surface area is 112 Å². The molecule has 0 amide bonds. The zero-order chi connectivity index (χ0) is 13.0. The van der Waals surface area contributed by atoms with Gasteiger partial charge in [0.05, 0.1) is 0 Å². The molecule has 104 valence electrons. The fourth-order valence-electron chi connectivity index (χ4n) is 3.28. The molecule has 1 aliphatic carbocycles. The molecule has 0 aromatic carbocycles. The highest BCUT2D eigenvalue weighted by atomic mass is 16.1. The Bertz CT molecular complexity index is 262. The summed E-state index contributed by atoms with van der Waals surface area (Å²) < 4.78 is 0. The molecule has 3 nitrogen and oxygen atoms in total. The molecule has 0 bridgehead atoms. The molecule has 1 saturated carbocycles. The molecule has 0 aromatic heterocycles. The number of ketones is 1. The van der Waals surface area contributed by atoms with Gasteiger partial charge in [-0.1, -0.05) is 0 Å². The van der Waals surface area contributed by atoms with Crippen LogP contribution in [0.25, 0.3) is 0 Å². The maximum absolute atomic E-state index is 11.2. The zero-order valence-corrected chi connectivity index (χ0v) is 12.0. The molecule has 2 fully saturated rings. The van der Waals surface area contributed by atoms with Crippen molar-refractivity contribution in [3.05, 3.63) is 0 Å². The van der Waals surface area contributed by atoms with E-state index in [0.717, 1.165) is 31.6 Å². The van der Waals surface area contributed by atoms with Gasteiger partial charge in [-0.05, 0) is 71.8 Å². The molecule has 18 heavy (non-hydrogen) atoms. The number of likely N-dealkylation sites (tertiary alicyclic amines) is 1. The molecule has 0 atom stereocenters. The third-order valence-electron chi connectivity index (χ3n) is 4.86. The topological polar surface area (TPSA) is 23.6 Å². The lowest BCUT2D eigenvalue weighted by Crippen LogP contribution is -2.37. The molecular weight excluding hydrogens is 224 g/mol. The normalized spacial score (nSPS) is 24.9. The Balaban J connectivity index is 1.65. The first-order chi connectivity index (χ1) is 8.65. The highest BCUT2D eigenvalue weighted by molar-refractivity contribution is 5.79. The van der Waals surface area contributed by atoms with Crippen LogP contribution < -0.4 is 0 Å². The van der Waals surface area contributed by atoms with Crippen LogP contribution in [0.4, 0.5) is 0 Å². The second-order valence-electron chi connectivity index (χ2n) is 6.29. The second kappa shape index (κ2) is 6.67. The number of carbonyl (C=O) groups excluding carboxylic acids is 1. The molecule has 2 aliphatic rings. The maximum atomic E-state index is 11.2. The number of nitrogens with zero attached hydrogens (tertiary/aromatic N) is 2. The van der Waals surface area contributed by atoms with Crippen LogP contribution in [0.1, 0.15) is 44.9 Å². The molecule has 0 spiro atoms. The van der Waals surface area contributed by atoms with E-state index in [1.54, 1.807) is 0 Å². The van der Waals surface area contributed by atoms with Crippen LogP contribution in [0.3, 0.4) is 0 Å². The summed E-state index contributed by atoms with van der Waals surface area (Å²) in [5.74, 6) is 1.39. The quantitative estimate of drug-likeness (QED) is 0.766. The van der Waals surface area contributed by atoms with Crippen molar-refractivity contribution in [3.8, 4) is 0 Å². The van der Waals surface area contributed by atoms with Crippen molar-refractivity contribution in [2.75, 3.05) is 33.7 Å². The highest BCUT2D eigenvalue weighted by Crippen LogP contribution is 2.23. The molecule has 1 aliphatic heterocycles. The van der Waals surface area contributed by atoms with Crippen molar-refractivity contribution in [1.29, 1.82) is 0 Å². The number of Topliss-reactive ketones (excluding diaryl/α,β-unsaturated/α-hetero) is 1. The third-order valence-corrected chi connectivity index (χ3v) is 4.86. The molecule has 0 unspecified atom stereocenters. The lowest BCUT2D eigenvalue weighted by Gasteiger charge is -2.33. The number of hydrogen-bond donors (Lipinski definition) is 0. The van der Waals surface area contributed by atoms with E-state index in [9.17, 15) is 4.79 Å². The van der Waals surface area contributed by atoms with Gasteiger partial charge in [-0.2, -0.15) is 0 Å². The van der Waals surface area contributed by atoms with Gasteiger partial charge in [0.25, 0.3) is 0 Å². The van der Waals surface area contributed by atoms with E-state index in [1.807, 2.05) is 0 Å². The van der Waals surface area contributed by atoms with Gasteiger partial charge in [0.15, 0.2) is 0 Å². The molecule has 0 aromatic rings. The number of piperidine rings is 1. The molecule has 0 radical (unpaired) electrons. The monoisotopic (exact) mass is 252 g/mol. The Kier molecular flexibility index (Phi) is 5.19. The van der Waals surface area contributed by atoms with E-state index in [4.69, 9.17) is 0 Å². The van der Waals surface area contributed by atoms with Crippen molar-refractivity contribution < 1.29 is 4.79 Å². The maximum Gasteiger partial charge on any atom is 0.133 e. The summed E-state index contributed by atoms with van der Waals surface area (Å²) in [6.07, 6.45) is 7.87. The van der Waals surface area contributed by atoms with Crippen LogP contribution in [0.15, 0.2) is 0 Å². The molecule has 1 saturated heterocycles. The van der Waals surface area contributed by atoms with E-state index < -0.39 is 0 Å². The van der Waals surface area contributed by atoms with Gasteiger partial charge < -0.3 is 9.80 Å². The van der Waals surface area contributed by atoms with Crippen LogP contribution in [0, 0.1) is 5.92 Å². The van der Waals surface area contributed by atoms with Gasteiger partial charge in [0.2, 0.25) is 0 Å². The summed E-state index contributed by atoms with van der Waals surface area (Å²) in [4.78, 5) is 16.2. The van der Waals surface area contributed by atoms with Crippen LogP contribution in [0.5, 0.6) is 0 Å². The second-order valence-corrected chi connectivity index (χ2v) is 6.29. The first kappa shape index (κ1) is 14.0. The van der Waals surface area contributed by atoms with Crippen LogP contribution in [-0.4, -0.2) is 55.4 Å². The number of hydrogen-bond acceptors (Lipinski definition) is 3. The lowest BCUT2D eigenvalue weighted by atomic mass is 9.91. The van der Waals surface area contributed by atoms with Crippen molar-refractivity contribution >= 4 is 5.78 Å². The lowest BCUT2D eigenvalue weighted by molar-refractivity contribution is -0.121. The summed E-state index contributed by atoms with van der Waals surface area (Å²) >= 11 is 0. The third kappa shape index (κ3) is 4.06. The molecule has 1 heterocycles. The summed E-state index contributed by atoms with van der Waals surface area (Å²) in [7, 11) is 4.47. The fraction of sp³-hybridized carbons (Fsp3) is 0.933. The van der Waals surface area contributed by atoms with Crippen LogP contribution in [-0.2, 0) is 4.79 Å². The van der Waals surface area contributed by atoms with E-state index in [1.165, 1.54) is 38.9 Å². The Morgan fingerprint density at radius 1 is 1.17 bits per heavy atom. The van der Waals surface area contributed by atoms with E-state index >= 15 is 0 Å². The molecular formula is C15H28N2O. The Morgan fingerprint density at radius 3 is 2.39 bits per heavy atom. The van der Waals surface area contributed by atoms with Gasteiger partial charge in [-0.15, -0.1) is 0 Å².